The molecule has 1 fully saturated rings. The third-order valence-electron chi connectivity index (χ3n) is 3.86. The van der Waals surface area contributed by atoms with E-state index in [4.69, 9.17) is 5.73 Å². The predicted octanol–water partition coefficient (Wildman–Crippen LogP) is 0.538. The van der Waals surface area contributed by atoms with Crippen molar-refractivity contribution >= 4 is 17.9 Å². The number of nitrogens with zero attached hydrogens (tertiary/aromatic N) is 1. The first kappa shape index (κ1) is 16.3. The number of amides is 3. The Balaban J connectivity index is 2.60. The molecule has 4 N–H and O–H groups in total. The van der Waals surface area contributed by atoms with Crippen molar-refractivity contribution in [3.05, 3.63) is 0 Å². The summed E-state index contributed by atoms with van der Waals surface area (Å²) in [5.41, 5.74) is 4.19. The molecule has 114 valence electrons. The van der Waals surface area contributed by atoms with E-state index in [9.17, 15) is 19.5 Å². The number of carbonyl (C=O) groups excluding carboxylic acids is 2. The first-order chi connectivity index (χ1) is 9.41. The third kappa shape index (κ3) is 4.11. The highest BCUT2D eigenvalue weighted by molar-refractivity contribution is 5.83. The number of primary amides is 1. The summed E-state index contributed by atoms with van der Waals surface area (Å²) in [6, 6.07) is -0.447. The first-order valence-corrected chi connectivity index (χ1v) is 6.96. The highest BCUT2D eigenvalue weighted by Gasteiger charge is 2.40. The molecule has 1 aliphatic rings. The van der Waals surface area contributed by atoms with E-state index in [-0.39, 0.29) is 13.1 Å². The van der Waals surface area contributed by atoms with Gasteiger partial charge in [0.15, 0.2) is 0 Å². The minimum absolute atomic E-state index is 0.0937. The summed E-state index contributed by atoms with van der Waals surface area (Å²) in [5.74, 6) is -1.46. The van der Waals surface area contributed by atoms with Crippen molar-refractivity contribution < 1.29 is 19.5 Å². The van der Waals surface area contributed by atoms with Crippen LogP contribution in [0.15, 0.2) is 0 Å². The number of urea groups is 1. The topological polar surface area (TPSA) is 113 Å². The van der Waals surface area contributed by atoms with Crippen LogP contribution in [0.3, 0.4) is 0 Å². The van der Waals surface area contributed by atoms with Gasteiger partial charge in [-0.2, -0.15) is 0 Å². The molecule has 20 heavy (non-hydrogen) atoms. The van der Waals surface area contributed by atoms with Gasteiger partial charge in [-0.15, -0.1) is 0 Å². The smallest absolute Gasteiger partial charge is 0.317 e. The quantitative estimate of drug-likeness (QED) is 0.661. The normalized spacial score (nSPS) is 17.2. The lowest BCUT2D eigenvalue weighted by atomic mass is 9.74. The van der Waals surface area contributed by atoms with Crippen LogP contribution in [0.5, 0.6) is 0 Å². The van der Waals surface area contributed by atoms with Crippen molar-refractivity contribution in [2.75, 3.05) is 19.6 Å². The second-order valence-corrected chi connectivity index (χ2v) is 5.29. The first-order valence-electron chi connectivity index (χ1n) is 6.96. The maximum Gasteiger partial charge on any atom is 0.317 e. The Morgan fingerprint density at radius 2 is 1.85 bits per heavy atom. The Morgan fingerprint density at radius 3 is 2.30 bits per heavy atom. The van der Waals surface area contributed by atoms with E-state index >= 15 is 0 Å². The molecule has 0 aromatic heterocycles. The maximum atomic E-state index is 11.9. The monoisotopic (exact) mass is 285 g/mol. The molecule has 0 aromatic carbocycles. The Labute approximate surface area is 118 Å². The molecule has 7 nitrogen and oxygen atoms in total. The van der Waals surface area contributed by atoms with E-state index in [2.05, 4.69) is 5.32 Å². The zero-order chi connectivity index (χ0) is 15.2. The summed E-state index contributed by atoms with van der Waals surface area (Å²) < 4.78 is 0. The van der Waals surface area contributed by atoms with E-state index in [0.717, 1.165) is 19.3 Å². The van der Waals surface area contributed by atoms with E-state index in [1.165, 1.54) is 4.90 Å². The molecule has 1 rings (SSSR count). The molecule has 0 aliphatic heterocycles. The predicted molar refractivity (Wildman–Crippen MR) is 73.0 cm³/mol. The van der Waals surface area contributed by atoms with Gasteiger partial charge in [0.2, 0.25) is 5.91 Å². The second kappa shape index (κ2) is 7.12. The van der Waals surface area contributed by atoms with E-state index in [0.29, 0.717) is 19.4 Å². The molecule has 3 amide bonds. The van der Waals surface area contributed by atoms with Crippen LogP contribution in [-0.2, 0) is 9.59 Å². The number of rotatable bonds is 6. The SMILES string of the molecule is CCN(CC(N)=O)C(=O)NCC1(C(=O)O)CCCCC1. The molecule has 1 aliphatic carbocycles. The number of hydrogen-bond acceptors (Lipinski definition) is 3. The lowest BCUT2D eigenvalue weighted by Crippen LogP contribution is -2.50. The Bertz CT molecular complexity index is 378. The molecule has 0 unspecified atom stereocenters. The number of nitrogens with two attached hydrogens (primary N) is 1. The molecule has 0 saturated heterocycles. The third-order valence-corrected chi connectivity index (χ3v) is 3.86. The Kier molecular flexibility index (Phi) is 5.79. The molecule has 0 atom stereocenters. The highest BCUT2D eigenvalue weighted by atomic mass is 16.4. The number of aliphatic carboxylic acids is 1. The number of carboxylic acid groups (broad SMARTS) is 1. The molecule has 0 bridgehead atoms. The molecule has 0 heterocycles. The van der Waals surface area contributed by atoms with Gasteiger partial charge in [-0.25, -0.2) is 4.79 Å². The van der Waals surface area contributed by atoms with Crippen LogP contribution in [0, 0.1) is 5.41 Å². The minimum Gasteiger partial charge on any atom is -0.481 e. The summed E-state index contributed by atoms with van der Waals surface area (Å²) in [4.78, 5) is 35.5. The molecule has 0 radical (unpaired) electrons. The fourth-order valence-corrected chi connectivity index (χ4v) is 2.57. The van der Waals surface area contributed by atoms with Crippen molar-refractivity contribution in [2.24, 2.45) is 11.1 Å². The second-order valence-electron chi connectivity index (χ2n) is 5.29. The van der Waals surface area contributed by atoms with Crippen LogP contribution < -0.4 is 11.1 Å². The lowest BCUT2D eigenvalue weighted by Gasteiger charge is -2.34. The van der Waals surface area contributed by atoms with Gasteiger partial charge in [-0.3, -0.25) is 9.59 Å². The maximum absolute atomic E-state index is 11.9. The molecule has 0 aromatic rings. The van der Waals surface area contributed by atoms with Crippen LogP contribution >= 0.6 is 0 Å². The zero-order valence-electron chi connectivity index (χ0n) is 11.9. The van der Waals surface area contributed by atoms with Crippen molar-refractivity contribution in [1.82, 2.24) is 10.2 Å². The van der Waals surface area contributed by atoms with E-state index < -0.39 is 23.3 Å². The van der Waals surface area contributed by atoms with Gasteiger partial charge >= 0.3 is 12.0 Å². The van der Waals surface area contributed by atoms with Crippen molar-refractivity contribution in [1.29, 1.82) is 0 Å². The van der Waals surface area contributed by atoms with Gasteiger partial charge in [0.05, 0.1) is 5.41 Å². The van der Waals surface area contributed by atoms with Crippen molar-refractivity contribution in [3.8, 4) is 0 Å². The number of nitrogens with one attached hydrogen (secondary N) is 1. The van der Waals surface area contributed by atoms with Gasteiger partial charge < -0.3 is 21.1 Å². The summed E-state index contributed by atoms with van der Waals surface area (Å²) in [7, 11) is 0. The number of carbonyl (C=O) groups is 3. The van der Waals surface area contributed by atoms with Crippen LogP contribution in [0.2, 0.25) is 0 Å². The fraction of sp³-hybridized carbons (Fsp3) is 0.769. The Hall–Kier alpha value is -1.79. The molecule has 0 spiro atoms. The summed E-state index contributed by atoms with van der Waals surface area (Å²) in [6.07, 6.45) is 3.91. The molecular weight excluding hydrogens is 262 g/mol. The average molecular weight is 285 g/mol. The van der Waals surface area contributed by atoms with Gasteiger partial charge in [0, 0.05) is 13.1 Å². The van der Waals surface area contributed by atoms with Gasteiger partial charge in [0.25, 0.3) is 0 Å². The number of likely N-dealkylation sites (N-methyl/N-ethyl adjacent to an activating group) is 1. The standard InChI is InChI=1S/C13H23N3O4/c1-2-16(8-10(14)17)12(20)15-9-13(11(18)19)6-4-3-5-7-13/h2-9H2,1H3,(H2,14,17)(H,15,20)(H,18,19). The van der Waals surface area contributed by atoms with E-state index in [1.54, 1.807) is 6.92 Å². The largest absolute Gasteiger partial charge is 0.481 e. The summed E-state index contributed by atoms with van der Waals surface area (Å²) in [5, 5.41) is 12.0. The summed E-state index contributed by atoms with van der Waals surface area (Å²) in [6.45, 7) is 2.00. The fourth-order valence-electron chi connectivity index (χ4n) is 2.57. The molecular formula is C13H23N3O4. The summed E-state index contributed by atoms with van der Waals surface area (Å²) >= 11 is 0. The van der Waals surface area contributed by atoms with Crippen molar-refractivity contribution in [2.45, 2.75) is 39.0 Å². The van der Waals surface area contributed by atoms with Crippen molar-refractivity contribution in [3.63, 3.8) is 0 Å². The highest BCUT2D eigenvalue weighted by Crippen LogP contribution is 2.36. The van der Waals surface area contributed by atoms with E-state index in [1.807, 2.05) is 0 Å². The zero-order valence-corrected chi connectivity index (χ0v) is 11.9. The van der Waals surface area contributed by atoms with Gasteiger partial charge in [0.1, 0.15) is 6.54 Å². The molecule has 7 heteroatoms. The van der Waals surface area contributed by atoms with Crippen LogP contribution in [-0.4, -0.2) is 47.5 Å². The van der Waals surface area contributed by atoms with Gasteiger partial charge in [-0.1, -0.05) is 19.3 Å². The van der Waals surface area contributed by atoms with Gasteiger partial charge in [-0.05, 0) is 19.8 Å². The Morgan fingerprint density at radius 1 is 1.25 bits per heavy atom. The average Bonchev–Trinajstić information content (AvgIpc) is 2.42. The van der Waals surface area contributed by atoms with Crippen LogP contribution in [0.1, 0.15) is 39.0 Å². The van der Waals surface area contributed by atoms with Crippen LogP contribution in [0.4, 0.5) is 4.79 Å². The lowest BCUT2D eigenvalue weighted by molar-refractivity contribution is -0.150. The number of carboxylic acids is 1. The number of hydrogen-bond donors (Lipinski definition) is 3. The molecule has 1 saturated carbocycles. The minimum atomic E-state index is -0.875. The van der Waals surface area contributed by atoms with Crippen LogP contribution in [0.25, 0.3) is 0 Å².